The first-order valence-electron chi connectivity index (χ1n) is 6.11. The molecule has 18 heavy (non-hydrogen) atoms. The smallest absolute Gasteiger partial charge is 0.144 e. The van der Waals surface area contributed by atoms with Crippen LogP contribution in [0.2, 0.25) is 5.02 Å². The van der Waals surface area contributed by atoms with Gasteiger partial charge in [-0.2, -0.15) is 0 Å². The van der Waals surface area contributed by atoms with Gasteiger partial charge in [0, 0.05) is 29.0 Å². The second-order valence-electron chi connectivity index (χ2n) is 5.04. The summed E-state index contributed by atoms with van der Waals surface area (Å²) in [7, 11) is 1.61. The van der Waals surface area contributed by atoms with Crippen molar-refractivity contribution in [3.8, 4) is 5.75 Å². The predicted molar refractivity (Wildman–Crippen MR) is 72.3 cm³/mol. The Hall–Kier alpha value is -1.06. The Labute approximate surface area is 112 Å². The van der Waals surface area contributed by atoms with E-state index >= 15 is 0 Å². The second-order valence-corrected chi connectivity index (χ2v) is 5.48. The number of hydrogen-bond donors (Lipinski definition) is 1. The summed E-state index contributed by atoms with van der Waals surface area (Å²) in [6.45, 7) is 3.69. The third kappa shape index (κ3) is 2.68. The number of carbonyl (C=O) groups excluding carboxylic acids is 1. The lowest BCUT2D eigenvalue weighted by molar-refractivity contribution is -0.126. The minimum Gasteiger partial charge on any atom is -0.496 e. The molecule has 0 radical (unpaired) electrons. The molecule has 0 aliphatic carbocycles. The van der Waals surface area contributed by atoms with E-state index in [1.165, 1.54) is 0 Å². The number of ether oxygens (including phenoxy) is 1. The molecule has 1 heterocycles. The third-order valence-corrected chi connectivity index (χ3v) is 3.87. The molecule has 98 valence electrons. The molecule has 0 aromatic heterocycles. The van der Waals surface area contributed by atoms with Crippen molar-refractivity contribution in [1.29, 1.82) is 0 Å². The zero-order chi connectivity index (χ0) is 13.2. The lowest BCUT2D eigenvalue weighted by Gasteiger charge is -2.21. The topological polar surface area (TPSA) is 38.3 Å². The number of hydrogen-bond acceptors (Lipinski definition) is 3. The van der Waals surface area contributed by atoms with Crippen LogP contribution in [0.4, 0.5) is 0 Å². The Balaban J connectivity index is 2.18. The molecule has 1 aromatic carbocycles. The minimum absolute atomic E-state index is 0.244. The molecule has 1 aliphatic heterocycles. The molecule has 1 aromatic rings. The largest absolute Gasteiger partial charge is 0.496 e. The van der Waals surface area contributed by atoms with Crippen LogP contribution < -0.4 is 10.1 Å². The fraction of sp³-hybridized carbons (Fsp3) is 0.500. The molecule has 4 heteroatoms. The lowest BCUT2D eigenvalue weighted by atomic mass is 9.82. The predicted octanol–water partition coefficient (Wildman–Crippen LogP) is 2.46. The van der Waals surface area contributed by atoms with Gasteiger partial charge in [0.2, 0.25) is 0 Å². The van der Waals surface area contributed by atoms with Crippen LogP contribution in [0.25, 0.3) is 0 Å². The van der Waals surface area contributed by atoms with E-state index in [0.29, 0.717) is 11.4 Å². The first kappa shape index (κ1) is 13.4. The molecule has 1 unspecified atom stereocenters. The number of nitrogens with one attached hydrogen (secondary N) is 1. The Morgan fingerprint density at radius 2 is 2.33 bits per heavy atom. The molecule has 3 nitrogen and oxygen atoms in total. The van der Waals surface area contributed by atoms with E-state index in [9.17, 15) is 4.79 Å². The van der Waals surface area contributed by atoms with E-state index < -0.39 is 0 Å². The van der Waals surface area contributed by atoms with Crippen molar-refractivity contribution < 1.29 is 9.53 Å². The van der Waals surface area contributed by atoms with Crippen LogP contribution in [0.15, 0.2) is 18.2 Å². The summed E-state index contributed by atoms with van der Waals surface area (Å²) in [5, 5.41) is 3.87. The highest BCUT2D eigenvalue weighted by Gasteiger charge is 2.35. The summed E-state index contributed by atoms with van der Waals surface area (Å²) in [6.07, 6.45) is 1.27. The average molecular weight is 268 g/mol. The molecule has 1 aliphatic rings. The van der Waals surface area contributed by atoms with Crippen LogP contribution in [-0.4, -0.2) is 26.0 Å². The average Bonchev–Trinajstić information content (AvgIpc) is 2.78. The Kier molecular flexibility index (Phi) is 3.93. The summed E-state index contributed by atoms with van der Waals surface area (Å²) in [5.74, 6) is 0.968. The molecule has 1 fully saturated rings. The van der Waals surface area contributed by atoms with Crippen LogP contribution in [-0.2, 0) is 11.2 Å². The summed E-state index contributed by atoms with van der Waals surface area (Å²) < 4.78 is 5.27. The van der Waals surface area contributed by atoms with Gasteiger partial charge < -0.3 is 10.1 Å². The van der Waals surface area contributed by atoms with Crippen LogP contribution in [0.1, 0.15) is 18.9 Å². The molecule has 0 amide bonds. The number of halogens is 1. The summed E-state index contributed by atoms with van der Waals surface area (Å²) >= 11 is 5.97. The van der Waals surface area contributed by atoms with E-state index in [0.717, 1.165) is 30.8 Å². The molecule has 0 bridgehead atoms. The fourth-order valence-electron chi connectivity index (χ4n) is 2.33. The highest BCUT2D eigenvalue weighted by molar-refractivity contribution is 6.30. The highest BCUT2D eigenvalue weighted by atomic mass is 35.5. The van der Waals surface area contributed by atoms with Gasteiger partial charge in [-0.25, -0.2) is 0 Å². The molecular formula is C14H18ClNO2. The maximum Gasteiger partial charge on any atom is 0.144 e. The maximum absolute atomic E-state index is 12.4. The molecule has 1 saturated heterocycles. The normalized spacial score (nSPS) is 23.1. The van der Waals surface area contributed by atoms with Crippen molar-refractivity contribution in [3.63, 3.8) is 0 Å². The van der Waals surface area contributed by atoms with Gasteiger partial charge in [0.05, 0.1) is 7.11 Å². The first-order chi connectivity index (χ1) is 8.55. The van der Waals surface area contributed by atoms with Crippen molar-refractivity contribution in [2.45, 2.75) is 19.8 Å². The van der Waals surface area contributed by atoms with Gasteiger partial charge in [-0.15, -0.1) is 0 Å². The van der Waals surface area contributed by atoms with E-state index in [2.05, 4.69) is 5.32 Å². The van der Waals surface area contributed by atoms with Crippen LogP contribution in [0.3, 0.4) is 0 Å². The van der Waals surface area contributed by atoms with Crippen molar-refractivity contribution in [2.24, 2.45) is 5.41 Å². The molecule has 0 saturated carbocycles. The van der Waals surface area contributed by atoms with E-state index in [1.54, 1.807) is 19.2 Å². The Morgan fingerprint density at radius 1 is 1.56 bits per heavy atom. The summed E-state index contributed by atoms with van der Waals surface area (Å²) in [6, 6.07) is 5.39. The van der Waals surface area contributed by atoms with Crippen molar-refractivity contribution in [1.82, 2.24) is 5.32 Å². The van der Waals surface area contributed by atoms with Gasteiger partial charge in [-0.05, 0) is 31.2 Å². The summed E-state index contributed by atoms with van der Waals surface area (Å²) in [5.41, 5.74) is 0.607. The van der Waals surface area contributed by atoms with Crippen LogP contribution >= 0.6 is 11.6 Å². The van der Waals surface area contributed by atoms with Crippen molar-refractivity contribution in [2.75, 3.05) is 20.2 Å². The zero-order valence-corrected chi connectivity index (χ0v) is 11.5. The first-order valence-corrected chi connectivity index (χ1v) is 6.49. The van der Waals surface area contributed by atoms with Gasteiger partial charge in [0.1, 0.15) is 11.5 Å². The number of ketones is 1. The standard InChI is InChI=1S/C14H18ClNO2/c1-14(5-6-16-9-14)13(17)8-10-7-11(15)3-4-12(10)18-2/h3-4,7,16H,5-6,8-9H2,1-2H3. The molecule has 0 spiro atoms. The maximum atomic E-state index is 12.4. The zero-order valence-electron chi connectivity index (χ0n) is 10.8. The van der Waals surface area contributed by atoms with E-state index in [-0.39, 0.29) is 11.2 Å². The number of rotatable bonds is 4. The quantitative estimate of drug-likeness (QED) is 0.911. The number of carbonyl (C=O) groups is 1. The van der Waals surface area contributed by atoms with Gasteiger partial charge in [-0.3, -0.25) is 4.79 Å². The minimum atomic E-state index is -0.257. The van der Waals surface area contributed by atoms with E-state index in [1.807, 2.05) is 13.0 Å². The molecule has 1 atom stereocenters. The number of Topliss-reactive ketones (excluding diaryl/α,β-unsaturated/α-hetero) is 1. The van der Waals surface area contributed by atoms with Crippen molar-refractivity contribution in [3.05, 3.63) is 28.8 Å². The SMILES string of the molecule is COc1ccc(Cl)cc1CC(=O)C1(C)CCNC1. The molecule has 2 rings (SSSR count). The van der Waals surface area contributed by atoms with Gasteiger partial charge >= 0.3 is 0 Å². The molecule has 1 N–H and O–H groups in total. The van der Waals surface area contributed by atoms with Crippen LogP contribution in [0, 0.1) is 5.41 Å². The van der Waals surface area contributed by atoms with Gasteiger partial charge in [-0.1, -0.05) is 18.5 Å². The highest BCUT2D eigenvalue weighted by Crippen LogP contribution is 2.30. The Bertz CT molecular complexity index is 453. The van der Waals surface area contributed by atoms with Crippen molar-refractivity contribution >= 4 is 17.4 Å². The summed E-state index contributed by atoms with van der Waals surface area (Å²) in [4.78, 5) is 12.4. The number of benzene rings is 1. The third-order valence-electron chi connectivity index (χ3n) is 3.64. The second kappa shape index (κ2) is 5.29. The van der Waals surface area contributed by atoms with E-state index in [4.69, 9.17) is 16.3 Å². The number of methoxy groups -OCH3 is 1. The monoisotopic (exact) mass is 267 g/mol. The van der Waals surface area contributed by atoms with Gasteiger partial charge in [0.15, 0.2) is 0 Å². The molecular weight excluding hydrogens is 250 g/mol. The van der Waals surface area contributed by atoms with Crippen LogP contribution in [0.5, 0.6) is 5.75 Å². The van der Waals surface area contributed by atoms with Gasteiger partial charge in [0.25, 0.3) is 0 Å². The fourth-order valence-corrected chi connectivity index (χ4v) is 2.52. The lowest BCUT2D eigenvalue weighted by Crippen LogP contribution is -2.31. The Morgan fingerprint density at radius 3 is 2.94 bits per heavy atom.